The van der Waals surface area contributed by atoms with Crippen molar-refractivity contribution >= 4 is 22.8 Å². The number of carboxylic acid groups (broad SMARTS) is 1. The van der Waals surface area contributed by atoms with Crippen LogP contribution in [0.4, 0.5) is 14.6 Å². The van der Waals surface area contributed by atoms with Crippen molar-refractivity contribution in [3.05, 3.63) is 54.0 Å². The van der Waals surface area contributed by atoms with Crippen molar-refractivity contribution in [2.24, 2.45) is 5.41 Å². The van der Waals surface area contributed by atoms with Crippen LogP contribution in [0.5, 0.6) is 0 Å². The lowest BCUT2D eigenvalue weighted by Crippen LogP contribution is -2.49. The summed E-state index contributed by atoms with van der Waals surface area (Å²) in [5.74, 6) is -1.73. The summed E-state index contributed by atoms with van der Waals surface area (Å²) in [5, 5.41) is 10.8. The molecule has 3 heterocycles. The van der Waals surface area contributed by atoms with Gasteiger partial charge in [-0.1, -0.05) is 6.07 Å². The Labute approximate surface area is 153 Å². The smallest absolute Gasteiger partial charge is 0.311 e. The fourth-order valence-electron chi connectivity index (χ4n) is 3.85. The number of H-pyrrole nitrogens is 1. The molecule has 1 aliphatic heterocycles. The van der Waals surface area contributed by atoms with Crippen molar-refractivity contribution in [1.82, 2.24) is 15.0 Å². The van der Waals surface area contributed by atoms with Gasteiger partial charge in [-0.05, 0) is 37.0 Å². The molecule has 3 aromatic rings. The van der Waals surface area contributed by atoms with Crippen LogP contribution < -0.4 is 4.90 Å². The summed E-state index contributed by atoms with van der Waals surface area (Å²) in [7, 11) is 0. The number of rotatable bonds is 4. The Bertz CT molecular complexity index is 1010. The predicted octanol–water partition coefficient (Wildman–Crippen LogP) is 3.15. The number of aliphatic carboxylic acids is 1. The van der Waals surface area contributed by atoms with E-state index in [4.69, 9.17) is 0 Å². The lowest BCUT2D eigenvalue weighted by molar-refractivity contribution is -0.149. The van der Waals surface area contributed by atoms with Gasteiger partial charge in [0.2, 0.25) is 0 Å². The minimum atomic E-state index is -1.18. The third-order valence-electron chi connectivity index (χ3n) is 5.21. The molecule has 2 aromatic heterocycles. The molecular formula is C19H18F2N4O2. The number of nitrogens with zero attached hydrogens (tertiary/aromatic N) is 3. The summed E-state index contributed by atoms with van der Waals surface area (Å²) in [6, 6.07) is 5.12. The normalized spacial score (nSPS) is 20.1. The fraction of sp³-hybridized carbons (Fsp3) is 0.316. The van der Waals surface area contributed by atoms with Gasteiger partial charge in [-0.3, -0.25) is 4.79 Å². The van der Waals surface area contributed by atoms with E-state index >= 15 is 0 Å². The highest BCUT2D eigenvalue weighted by atomic mass is 19.1. The standard InChI is InChI=1S/C19H18F2N4O2/c20-13-3-2-12(15(21)8-13)9-19(18(26)27)5-1-7-25(10-19)17-14-4-6-22-16(14)23-11-24-17/h2-4,6,8,11H,1,5,7,9-10H2,(H,26,27)(H,22,23,24)/t19-/m0/s1. The van der Waals surface area contributed by atoms with E-state index in [1.54, 1.807) is 6.20 Å². The molecule has 140 valence electrons. The number of aromatic nitrogens is 3. The average molecular weight is 372 g/mol. The number of hydrogen-bond donors (Lipinski definition) is 2. The number of benzene rings is 1. The molecule has 0 unspecified atom stereocenters. The third-order valence-corrected chi connectivity index (χ3v) is 5.21. The van der Waals surface area contributed by atoms with Crippen LogP contribution in [0.25, 0.3) is 11.0 Å². The summed E-state index contributed by atoms with van der Waals surface area (Å²) < 4.78 is 27.4. The largest absolute Gasteiger partial charge is 0.481 e. The quantitative estimate of drug-likeness (QED) is 0.735. The van der Waals surface area contributed by atoms with Crippen LogP contribution in [0, 0.1) is 17.0 Å². The average Bonchev–Trinajstić information content (AvgIpc) is 3.13. The van der Waals surface area contributed by atoms with E-state index < -0.39 is 23.0 Å². The topological polar surface area (TPSA) is 82.1 Å². The zero-order valence-electron chi connectivity index (χ0n) is 14.5. The molecule has 0 aliphatic carbocycles. The van der Waals surface area contributed by atoms with Crippen LogP contribution in [0.3, 0.4) is 0 Å². The summed E-state index contributed by atoms with van der Waals surface area (Å²) in [4.78, 5) is 25.6. The van der Waals surface area contributed by atoms with Gasteiger partial charge in [0.15, 0.2) is 0 Å². The molecule has 0 spiro atoms. The van der Waals surface area contributed by atoms with Crippen LogP contribution in [0.2, 0.25) is 0 Å². The van der Waals surface area contributed by atoms with Crippen molar-refractivity contribution in [3.8, 4) is 0 Å². The molecule has 1 saturated heterocycles. The maximum atomic E-state index is 14.2. The van der Waals surface area contributed by atoms with Gasteiger partial charge in [0.25, 0.3) is 0 Å². The summed E-state index contributed by atoms with van der Waals surface area (Å²) in [5.41, 5.74) is -0.295. The van der Waals surface area contributed by atoms with Gasteiger partial charge in [-0.2, -0.15) is 0 Å². The first-order valence-corrected chi connectivity index (χ1v) is 8.69. The van der Waals surface area contributed by atoms with Crippen molar-refractivity contribution in [2.75, 3.05) is 18.0 Å². The molecular weight excluding hydrogens is 354 g/mol. The van der Waals surface area contributed by atoms with Gasteiger partial charge in [0.1, 0.15) is 29.4 Å². The van der Waals surface area contributed by atoms with Gasteiger partial charge in [0.05, 0.1) is 10.8 Å². The summed E-state index contributed by atoms with van der Waals surface area (Å²) in [6.45, 7) is 0.842. The second-order valence-electron chi connectivity index (χ2n) is 6.96. The van der Waals surface area contributed by atoms with E-state index in [0.29, 0.717) is 30.9 Å². The monoisotopic (exact) mass is 372 g/mol. The van der Waals surface area contributed by atoms with E-state index in [9.17, 15) is 18.7 Å². The molecule has 0 saturated carbocycles. The molecule has 8 heteroatoms. The minimum Gasteiger partial charge on any atom is -0.481 e. The van der Waals surface area contributed by atoms with Crippen molar-refractivity contribution < 1.29 is 18.7 Å². The van der Waals surface area contributed by atoms with Crippen molar-refractivity contribution in [1.29, 1.82) is 0 Å². The maximum Gasteiger partial charge on any atom is 0.311 e. The molecule has 0 bridgehead atoms. The highest BCUT2D eigenvalue weighted by Gasteiger charge is 2.43. The zero-order valence-corrected chi connectivity index (χ0v) is 14.5. The Balaban J connectivity index is 1.69. The second-order valence-corrected chi connectivity index (χ2v) is 6.96. The number of fused-ring (bicyclic) bond motifs is 1. The van der Waals surface area contributed by atoms with Gasteiger partial charge >= 0.3 is 5.97 Å². The number of carbonyl (C=O) groups is 1. The number of halogens is 2. The lowest BCUT2D eigenvalue weighted by Gasteiger charge is -2.40. The van der Waals surface area contributed by atoms with Gasteiger partial charge < -0.3 is 15.0 Å². The highest BCUT2D eigenvalue weighted by Crippen LogP contribution is 2.37. The zero-order chi connectivity index (χ0) is 19.0. The lowest BCUT2D eigenvalue weighted by atomic mass is 9.75. The van der Waals surface area contributed by atoms with Crippen molar-refractivity contribution in [3.63, 3.8) is 0 Å². The molecule has 1 aliphatic rings. The Morgan fingerprint density at radius 3 is 2.93 bits per heavy atom. The second kappa shape index (κ2) is 6.61. The Kier molecular flexibility index (Phi) is 4.25. The summed E-state index contributed by atoms with van der Waals surface area (Å²) >= 11 is 0. The maximum absolute atomic E-state index is 14.2. The van der Waals surface area contributed by atoms with Gasteiger partial charge in [-0.25, -0.2) is 18.7 Å². The fourth-order valence-corrected chi connectivity index (χ4v) is 3.85. The van der Waals surface area contributed by atoms with Crippen LogP contribution in [-0.4, -0.2) is 39.1 Å². The van der Waals surface area contributed by atoms with E-state index in [2.05, 4.69) is 15.0 Å². The molecule has 1 atom stereocenters. The number of carboxylic acids is 1. The van der Waals surface area contributed by atoms with E-state index in [-0.39, 0.29) is 18.5 Å². The number of anilines is 1. The van der Waals surface area contributed by atoms with Gasteiger partial charge in [0, 0.05) is 25.4 Å². The third kappa shape index (κ3) is 3.11. The number of hydrogen-bond acceptors (Lipinski definition) is 4. The predicted molar refractivity (Wildman–Crippen MR) is 95.5 cm³/mol. The molecule has 1 aromatic carbocycles. The SMILES string of the molecule is O=C(O)[C@]1(Cc2ccc(F)cc2F)CCCN(c2ncnc3[nH]ccc23)C1. The van der Waals surface area contributed by atoms with E-state index in [1.807, 2.05) is 11.0 Å². The van der Waals surface area contributed by atoms with Crippen molar-refractivity contribution in [2.45, 2.75) is 19.3 Å². The first-order valence-electron chi connectivity index (χ1n) is 8.69. The number of piperidine rings is 1. The Hall–Kier alpha value is -3.03. The molecule has 6 nitrogen and oxygen atoms in total. The van der Waals surface area contributed by atoms with Crippen LogP contribution >= 0.6 is 0 Å². The first kappa shape index (κ1) is 17.4. The molecule has 0 amide bonds. The molecule has 1 fully saturated rings. The minimum absolute atomic E-state index is 0.00763. The number of aromatic amines is 1. The number of nitrogens with one attached hydrogen (secondary N) is 1. The summed E-state index contributed by atoms with van der Waals surface area (Å²) in [6.07, 6.45) is 4.23. The van der Waals surface area contributed by atoms with E-state index in [0.717, 1.165) is 17.5 Å². The highest BCUT2D eigenvalue weighted by molar-refractivity contribution is 5.88. The van der Waals surface area contributed by atoms with E-state index in [1.165, 1.54) is 12.4 Å². The Morgan fingerprint density at radius 1 is 1.30 bits per heavy atom. The Morgan fingerprint density at radius 2 is 2.15 bits per heavy atom. The van der Waals surface area contributed by atoms with Gasteiger partial charge in [-0.15, -0.1) is 0 Å². The molecule has 0 radical (unpaired) electrons. The van der Waals surface area contributed by atoms with Crippen LogP contribution in [-0.2, 0) is 11.2 Å². The van der Waals surface area contributed by atoms with Crippen LogP contribution in [0.15, 0.2) is 36.8 Å². The molecule has 4 rings (SSSR count). The first-order chi connectivity index (χ1) is 13.0. The molecule has 27 heavy (non-hydrogen) atoms. The van der Waals surface area contributed by atoms with Crippen LogP contribution in [0.1, 0.15) is 18.4 Å². The molecule has 2 N–H and O–H groups in total.